The molecular formula is C20H15FN4O2. The first kappa shape index (κ1) is 17.9. The molecule has 0 fully saturated rings. The average molecular weight is 362 g/mol. The van der Waals surface area contributed by atoms with Crippen LogP contribution in [-0.2, 0) is 0 Å². The maximum atomic E-state index is 12.9. The molecule has 2 amide bonds. The van der Waals surface area contributed by atoms with Crippen LogP contribution in [0.25, 0.3) is 0 Å². The van der Waals surface area contributed by atoms with E-state index in [0.29, 0.717) is 22.4 Å². The summed E-state index contributed by atoms with van der Waals surface area (Å²) in [5.41, 5.74) is 4.46. The molecule has 0 atom stereocenters. The molecule has 134 valence electrons. The molecule has 7 heteroatoms. The van der Waals surface area contributed by atoms with Crippen LogP contribution in [-0.4, -0.2) is 23.0 Å². The van der Waals surface area contributed by atoms with Crippen LogP contribution in [0.4, 0.5) is 10.1 Å². The fourth-order valence-electron chi connectivity index (χ4n) is 2.18. The molecule has 1 heterocycles. The molecule has 0 aliphatic heterocycles. The van der Waals surface area contributed by atoms with Crippen molar-refractivity contribution in [1.82, 2.24) is 10.4 Å². The zero-order valence-electron chi connectivity index (χ0n) is 14.1. The number of benzene rings is 2. The highest BCUT2D eigenvalue weighted by atomic mass is 19.1. The average Bonchev–Trinajstić information content (AvgIpc) is 2.71. The summed E-state index contributed by atoms with van der Waals surface area (Å²) in [4.78, 5) is 27.9. The van der Waals surface area contributed by atoms with Gasteiger partial charge in [0.2, 0.25) is 0 Å². The lowest BCUT2D eigenvalue weighted by atomic mass is 10.1. The van der Waals surface area contributed by atoms with Crippen LogP contribution < -0.4 is 10.7 Å². The van der Waals surface area contributed by atoms with Gasteiger partial charge in [0, 0.05) is 23.6 Å². The molecule has 2 N–H and O–H groups in total. The van der Waals surface area contributed by atoms with Gasteiger partial charge in [0.1, 0.15) is 5.82 Å². The van der Waals surface area contributed by atoms with E-state index in [4.69, 9.17) is 0 Å². The van der Waals surface area contributed by atoms with Gasteiger partial charge in [-0.3, -0.25) is 14.6 Å². The van der Waals surface area contributed by atoms with Crippen LogP contribution in [0.2, 0.25) is 0 Å². The number of halogens is 1. The van der Waals surface area contributed by atoms with Gasteiger partial charge in [-0.25, -0.2) is 9.82 Å². The zero-order valence-corrected chi connectivity index (χ0v) is 14.1. The minimum atomic E-state index is -0.368. The Bertz CT molecular complexity index is 956. The summed E-state index contributed by atoms with van der Waals surface area (Å²) in [6, 6.07) is 15.5. The molecule has 0 aliphatic carbocycles. The maximum absolute atomic E-state index is 12.9. The van der Waals surface area contributed by atoms with E-state index in [1.165, 1.54) is 36.7 Å². The molecule has 0 radical (unpaired) electrons. The molecule has 0 spiro atoms. The van der Waals surface area contributed by atoms with Crippen molar-refractivity contribution < 1.29 is 14.0 Å². The number of nitrogens with one attached hydrogen (secondary N) is 2. The number of hydrazone groups is 1. The Labute approximate surface area is 154 Å². The fourth-order valence-corrected chi connectivity index (χ4v) is 2.18. The fraction of sp³-hybridized carbons (Fsp3) is 0. The number of carbonyl (C=O) groups is 2. The van der Waals surface area contributed by atoms with Crippen molar-refractivity contribution in [2.45, 2.75) is 0 Å². The lowest BCUT2D eigenvalue weighted by Gasteiger charge is -2.05. The highest BCUT2D eigenvalue weighted by molar-refractivity contribution is 6.04. The van der Waals surface area contributed by atoms with Crippen molar-refractivity contribution in [3.8, 4) is 0 Å². The Morgan fingerprint density at radius 1 is 0.926 bits per heavy atom. The van der Waals surface area contributed by atoms with Gasteiger partial charge in [0.25, 0.3) is 11.8 Å². The Balaban J connectivity index is 1.57. The molecule has 3 rings (SSSR count). The second kappa shape index (κ2) is 8.48. The summed E-state index contributed by atoms with van der Waals surface area (Å²) >= 11 is 0. The number of anilines is 1. The summed E-state index contributed by atoms with van der Waals surface area (Å²) in [7, 11) is 0. The standard InChI is InChI=1S/C20H15FN4O2/c21-17-7-9-18(10-8-17)24-19(26)15-5-3-14(4-6-15)12-23-25-20(27)16-2-1-11-22-13-16/h1-13H,(H,24,26)(H,25,27)/b23-12+. The van der Waals surface area contributed by atoms with Gasteiger partial charge in [-0.15, -0.1) is 0 Å². The van der Waals surface area contributed by atoms with Crippen molar-refractivity contribution in [3.05, 3.63) is 95.6 Å². The molecule has 0 saturated heterocycles. The Morgan fingerprint density at radius 3 is 2.33 bits per heavy atom. The number of pyridine rings is 1. The van der Waals surface area contributed by atoms with Crippen LogP contribution in [0.5, 0.6) is 0 Å². The smallest absolute Gasteiger partial charge is 0.272 e. The van der Waals surface area contributed by atoms with Gasteiger partial charge >= 0.3 is 0 Å². The number of hydrogen-bond acceptors (Lipinski definition) is 4. The number of aromatic nitrogens is 1. The molecule has 27 heavy (non-hydrogen) atoms. The predicted octanol–water partition coefficient (Wildman–Crippen LogP) is 3.24. The number of rotatable bonds is 5. The predicted molar refractivity (Wildman–Crippen MR) is 100 cm³/mol. The third kappa shape index (κ3) is 5.05. The maximum Gasteiger partial charge on any atom is 0.272 e. The summed E-state index contributed by atoms with van der Waals surface area (Å²) in [5.74, 6) is -1.04. The lowest BCUT2D eigenvalue weighted by molar-refractivity contribution is 0.0954. The Hall–Kier alpha value is -3.87. The van der Waals surface area contributed by atoms with Gasteiger partial charge < -0.3 is 5.32 Å². The minimum absolute atomic E-state index is 0.310. The van der Waals surface area contributed by atoms with E-state index in [2.05, 4.69) is 20.8 Å². The number of carbonyl (C=O) groups excluding carboxylic acids is 2. The topological polar surface area (TPSA) is 83.5 Å². The Morgan fingerprint density at radius 2 is 1.67 bits per heavy atom. The van der Waals surface area contributed by atoms with E-state index in [-0.39, 0.29) is 17.6 Å². The van der Waals surface area contributed by atoms with Crippen LogP contribution in [0.15, 0.2) is 78.2 Å². The summed E-state index contributed by atoms with van der Waals surface area (Å²) in [5, 5.41) is 6.56. The van der Waals surface area contributed by atoms with Crippen molar-refractivity contribution in [2.75, 3.05) is 5.32 Å². The van der Waals surface area contributed by atoms with Gasteiger partial charge in [-0.1, -0.05) is 12.1 Å². The van der Waals surface area contributed by atoms with E-state index in [1.54, 1.807) is 42.6 Å². The van der Waals surface area contributed by atoms with Gasteiger partial charge in [-0.2, -0.15) is 5.10 Å². The van der Waals surface area contributed by atoms with E-state index < -0.39 is 0 Å². The SMILES string of the molecule is O=C(N/N=C/c1ccc(C(=O)Nc2ccc(F)cc2)cc1)c1cccnc1. The second-order valence-electron chi connectivity index (χ2n) is 5.52. The van der Waals surface area contributed by atoms with Gasteiger partial charge in [-0.05, 0) is 54.1 Å². The molecule has 6 nitrogen and oxygen atoms in total. The van der Waals surface area contributed by atoms with Crippen molar-refractivity contribution in [1.29, 1.82) is 0 Å². The first-order valence-corrected chi connectivity index (χ1v) is 8.02. The normalized spacial score (nSPS) is 10.6. The quantitative estimate of drug-likeness (QED) is 0.540. The van der Waals surface area contributed by atoms with E-state index in [1.807, 2.05) is 0 Å². The van der Waals surface area contributed by atoms with Crippen LogP contribution in [0.1, 0.15) is 26.3 Å². The molecule has 0 saturated carbocycles. The lowest BCUT2D eigenvalue weighted by Crippen LogP contribution is -2.17. The largest absolute Gasteiger partial charge is 0.322 e. The molecule has 1 aromatic heterocycles. The third-order valence-corrected chi connectivity index (χ3v) is 3.58. The van der Waals surface area contributed by atoms with Crippen LogP contribution >= 0.6 is 0 Å². The van der Waals surface area contributed by atoms with Crippen molar-refractivity contribution in [3.63, 3.8) is 0 Å². The molecule has 2 aromatic carbocycles. The first-order valence-electron chi connectivity index (χ1n) is 8.02. The van der Waals surface area contributed by atoms with Crippen LogP contribution in [0.3, 0.4) is 0 Å². The summed E-state index contributed by atoms with van der Waals surface area (Å²) in [6.07, 6.45) is 4.49. The highest BCUT2D eigenvalue weighted by Crippen LogP contribution is 2.11. The van der Waals surface area contributed by atoms with Crippen molar-refractivity contribution >= 4 is 23.7 Å². The van der Waals surface area contributed by atoms with E-state index in [0.717, 1.165) is 0 Å². The molecule has 3 aromatic rings. The number of hydrogen-bond donors (Lipinski definition) is 2. The Kier molecular flexibility index (Phi) is 5.64. The molecular weight excluding hydrogens is 347 g/mol. The molecule has 0 unspecified atom stereocenters. The zero-order chi connectivity index (χ0) is 19.1. The summed E-state index contributed by atoms with van der Waals surface area (Å²) < 4.78 is 12.9. The van der Waals surface area contributed by atoms with E-state index >= 15 is 0 Å². The third-order valence-electron chi connectivity index (χ3n) is 3.58. The van der Waals surface area contributed by atoms with Crippen LogP contribution in [0, 0.1) is 5.82 Å². The summed E-state index contributed by atoms with van der Waals surface area (Å²) in [6.45, 7) is 0. The second-order valence-corrected chi connectivity index (χ2v) is 5.52. The van der Waals surface area contributed by atoms with Gasteiger partial charge in [0.15, 0.2) is 0 Å². The molecule has 0 aliphatic rings. The number of amides is 2. The van der Waals surface area contributed by atoms with E-state index in [9.17, 15) is 14.0 Å². The monoisotopic (exact) mass is 362 g/mol. The minimum Gasteiger partial charge on any atom is -0.322 e. The highest BCUT2D eigenvalue weighted by Gasteiger charge is 2.06. The van der Waals surface area contributed by atoms with Gasteiger partial charge in [0.05, 0.1) is 11.8 Å². The number of nitrogens with zero attached hydrogens (tertiary/aromatic N) is 2. The molecule has 0 bridgehead atoms. The van der Waals surface area contributed by atoms with Crippen molar-refractivity contribution in [2.24, 2.45) is 5.10 Å². The first-order chi connectivity index (χ1) is 13.1.